The zero-order valence-corrected chi connectivity index (χ0v) is 10.3. The van der Waals surface area contributed by atoms with E-state index < -0.39 is 0 Å². The Hall–Kier alpha value is -2.21. The van der Waals surface area contributed by atoms with Crippen LogP contribution in [0.2, 0.25) is 0 Å². The quantitative estimate of drug-likeness (QED) is 0.365. The molecule has 1 aromatic carbocycles. The maximum absolute atomic E-state index is 5.81. The van der Waals surface area contributed by atoms with Crippen LogP contribution in [0.1, 0.15) is 12.5 Å². The van der Waals surface area contributed by atoms with Crippen molar-refractivity contribution in [1.29, 1.82) is 0 Å². The molecule has 1 rings (SSSR count). The summed E-state index contributed by atoms with van der Waals surface area (Å²) < 4.78 is 5.14. The van der Waals surface area contributed by atoms with Gasteiger partial charge in [0.25, 0.3) is 0 Å². The van der Waals surface area contributed by atoms with Gasteiger partial charge in [-0.25, -0.2) is 0 Å². The first-order valence-electron chi connectivity index (χ1n) is 5.22. The molecule has 0 atom stereocenters. The molecule has 2 N–H and O–H groups in total. The van der Waals surface area contributed by atoms with Gasteiger partial charge in [-0.15, -0.1) is 0 Å². The molecule has 0 unspecified atom stereocenters. The number of para-hydroxylation sites is 1. The van der Waals surface area contributed by atoms with Crippen LogP contribution < -0.4 is 5.73 Å². The van der Waals surface area contributed by atoms with E-state index in [1.54, 1.807) is 20.4 Å². The van der Waals surface area contributed by atoms with E-state index in [1.807, 2.05) is 31.2 Å². The minimum atomic E-state index is 0.669. The van der Waals surface area contributed by atoms with Crippen LogP contribution >= 0.6 is 0 Å². The van der Waals surface area contributed by atoms with Crippen molar-refractivity contribution in [2.75, 3.05) is 19.9 Å². The largest absolute Gasteiger partial charge is 0.500 e. The summed E-state index contributed by atoms with van der Waals surface area (Å²) >= 11 is 0. The van der Waals surface area contributed by atoms with E-state index in [9.17, 15) is 0 Å². The molecule has 3 nitrogen and oxygen atoms in total. The fourth-order valence-electron chi connectivity index (χ4n) is 1.20. The molecule has 3 heteroatoms. The van der Waals surface area contributed by atoms with Gasteiger partial charge in [0.15, 0.2) is 0 Å². The summed E-state index contributed by atoms with van der Waals surface area (Å²) in [5, 5.41) is 0. The molecule has 0 saturated carbocycles. The van der Waals surface area contributed by atoms with Crippen molar-refractivity contribution in [1.82, 2.24) is 0 Å². The number of nitrogens with zero attached hydrogens (tertiary/aromatic N) is 1. The van der Waals surface area contributed by atoms with Gasteiger partial charge in [0, 0.05) is 24.5 Å². The van der Waals surface area contributed by atoms with E-state index in [-0.39, 0.29) is 0 Å². The average Bonchev–Trinajstić information content (AvgIpc) is 2.35. The van der Waals surface area contributed by atoms with E-state index in [0.29, 0.717) is 5.69 Å². The van der Waals surface area contributed by atoms with Gasteiger partial charge in [-0.3, -0.25) is 4.99 Å². The highest BCUT2D eigenvalue weighted by Crippen LogP contribution is 2.09. The van der Waals surface area contributed by atoms with Gasteiger partial charge in [-0.2, -0.15) is 0 Å². The van der Waals surface area contributed by atoms with Gasteiger partial charge in [0.2, 0.25) is 0 Å². The SMILES string of the molecule is CN=C/C(C#Cc1ccccc1N)=C(/C)OC. The first-order valence-corrected chi connectivity index (χ1v) is 5.22. The number of hydrogen-bond donors (Lipinski definition) is 1. The predicted molar refractivity (Wildman–Crippen MR) is 71.9 cm³/mol. The van der Waals surface area contributed by atoms with E-state index >= 15 is 0 Å². The Kier molecular flexibility index (Phi) is 4.83. The van der Waals surface area contributed by atoms with Crippen LogP contribution in [0.4, 0.5) is 5.69 Å². The van der Waals surface area contributed by atoms with Crippen LogP contribution in [-0.2, 0) is 4.74 Å². The van der Waals surface area contributed by atoms with E-state index in [4.69, 9.17) is 10.5 Å². The van der Waals surface area contributed by atoms with Gasteiger partial charge in [-0.1, -0.05) is 24.0 Å². The maximum Gasteiger partial charge on any atom is 0.110 e. The molecule has 0 aromatic heterocycles. The first-order chi connectivity index (χ1) is 8.19. The molecule has 1 aromatic rings. The summed E-state index contributed by atoms with van der Waals surface area (Å²) in [6, 6.07) is 7.49. The summed E-state index contributed by atoms with van der Waals surface area (Å²) in [5.74, 6) is 6.75. The Morgan fingerprint density at radius 2 is 2.12 bits per heavy atom. The standard InChI is InChI=1S/C14H16N2O/c1-11(17-3)13(10-16-2)9-8-12-6-4-5-7-14(12)15/h4-7,10H,15H2,1-3H3/b13-11-,16-10?. The molecule has 0 amide bonds. The molecule has 0 spiro atoms. The van der Waals surface area contributed by atoms with Crippen LogP contribution in [0, 0.1) is 11.8 Å². The van der Waals surface area contributed by atoms with E-state index in [2.05, 4.69) is 16.8 Å². The zero-order valence-electron chi connectivity index (χ0n) is 10.3. The van der Waals surface area contributed by atoms with Gasteiger partial charge in [0.05, 0.1) is 12.7 Å². The Balaban J connectivity index is 3.09. The number of anilines is 1. The van der Waals surface area contributed by atoms with Crippen molar-refractivity contribution in [3.8, 4) is 11.8 Å². The highest BCUT2D eigenvalue weighted by atomic mass is 16.5. The number of benzene rings is 1. The normalized spacial score (nSPS) is 11.7. The fraction of sp³-hybridized carbons (Fsp3) is 0.214. The summed E-state index contributed by atoms with van der Waals surface area (Å²) in [4.78, 5) is 3.94. The minimum Gasteiger partial charge on any atom is -0.500 e. The molecule has 0 aliphatic rings. The van der Waals surface area contributed by atoms with Gasteiger partial charge >= 0.3 is 0 Å². The van der Waals surface area contributed by atoms with Gasteiger partial charge in [-0.05, 0) is 19.1 Å². The van der Waals surface area contributed by atoms with Gasteiger partial charge in [0.1, 0.15) is 5.76 Å². The molecule has 88 valence electrons. The van der Waals surface area contributed by atoms with Crippen LogP contribution in [0.3, 0.4) is 0 Å². The lowest BCUT2D eigenvalue weighted by atomic mass is 10.1. The highest BCUT2D eigenvalue weighted by molar-refractivity contribution is 5.85. The second-order valence-corrected chi connectivity index (χ2v) is 3.40. The van der Waals surface area contributed by atoms with Crippen molar-refractivity contribution in [3.63, 3.8) is 0 Å². The number of ether oxygens (including phenoxy) is 1. The third-order valence-electron chi connectivity index (χ3n) is 2.24. The molecule has 0 aliphatic carbocycles. The average molecular weight is 228 g/mol. The third kappa shape index (κ3) is 3.69. The summed E-state index contributed by atoms with van der Waals surface area (Å²) in [6.07, 6.45) is 1.67. The molecular weight excluding hydrogens is 212 g/mol. The number of allylic oxidation sites excluding steroid dienone is 2. The van der Waals surface area contributed by atoms with Crippen molar-refractivity contribution >= 4 is 11.9 Å². The lowest BCUT2D eigenvalue weighted by Crippen LogP contribution is -1.92. The molecule has 0 heterocycles. The maximum atomic E-state index is 5.81. The number of nitrogens with two attached hydrogens (primary N) is 1. The molecule has 17 heavy (non-hydrogen) atoms. The van der Waals surface area contributed by atoms with Crippen LogP contribution in [0.5, 0.6) is 0 Å². The summed E-state index contributed by atoms with van der Waals surface area (Å²) in [5.41, 5.74) is 8.03. The molecular formula is C14H16N2O. The molecule has 0 radical (unpaired) electrons. The van der Waals surface area contributed by atoms with E-state index in [0.717, 1.165) is 16.9 Å². The van der Waals surface area contributed by atoms with Crippen molar-refractivity contribution in [2.24, 2.45) is 4.99 Å². The lowest BCUT2D eigenvalue weighted by Gasteiger charge is -2.00. The fourth-order valence-corrected chi connectivity index (χ4v) is 1.20. The predicted octanol–water partition coefficient (Wildman–Crippen LogP) is 2.24. The Morgan fingerprint density at radius 1 is 1.41 bits per heavy atom. The monoisotopic (exact) mass is 228 g/mol. The van der Waals surface area contributed by atoms with Crippen LogP contribution in [0.25, 0.3) is 0 Å². The molecule has 0 aliphatic heterocycles. The summed E-state index contributed by atoms with van der Waals surface area (Å²) in [6.45, 7) is 1.85. The minimum absolute atomic E-state index is 0.669. The van der Waals surface area contributed by atoms with Crippen molar-refractivity contribution in [3.05, 3.63) is 41.2 Å². The number of hydrogen-bond acceptors (Lipinski definition) is 3. The summed E-state index contributed by atoms with van der Waals surface area (Å²) in [7, 11) is 3.30. The zero-order chi connectivity index (χ0) is 12.7. The molecule has 0 saturated heterocycles. The number of rotatable bonds is 2. The van der Waals surface area contributed by atoms with E-state index in [1.165, 1.54) is 0 Å². The van der Waals surface area contributed by atoms with Crippen LogP contribution in [0.15, 0.2) is 40.6 Å². The van der Waals surface area contributed by atoms with Crippen LogP contribution in [-0.4, -0.2) is 20.4 Å². The second-order valence-electron chi connectivity index (χ2n) is 3.40. The number of aliphatic imine (C=N–C) groups is 1. The lowest BCUT2D eigenvalue weighted by molar-refractivity contribution is 0.292. The third-order valence-corrected chi connectivity index (χ3v) is 2.24. The molecule has 0 fully saturated rings. The topological polar surface area (TPSA) is 47.6 Å². The van der Waals surface area contributed by atoms with Crippen molar-refractivity contribution < 1.29 is 4.74 Å². The Labute approximate surface area is 102 Å². The highest BCUT2D eigenvalue weighted by Gasteiger charge is 1.96. The molecule has 0 bridgehead atoms. The van der Waals surface area contributed by atoms with Gasteiger partial charge < -0.3 is 10.5 Å². The Morgan fingerprint density at radius 3 is 2.71 bits per heavy atom. The number of nitrogen functional groups attached to an aromatic ring is 1. The number of methoxy groups -OCH3 is 1. The smallest absolute Gasteiger partial charge is 0.110 e. The van der Waals surface area contributed by atoms with Crippen molar-refractivity contribution in [2.45, 2.75) is 6.92 Å². The first kappa shape index (κ1) is 12.9. The Bertz CT molecular complexity index is 504. The second kappa shape index (κ2) is 6.39.